The highest BCUT2D eigenvalue weighted by Gasteiger charge is 2.09. The summed E-state index contributed by atoms with van der Waals surface area (Å²) in [6.45, 7) is 0. The molecule has 0 aromatic heterocycles. The second-order valence-corrected chi connectivity index (χ2v) is 3.31. The van der Waals surface area contributed by atoms with Crippen molar-refractivity contribution in [2.75, 3.05) is 0 Å². The third-order valence-corrected chi connectivity index (χ3v) is 2.41. The van der Waals surface area contributed by atoms with Crippen LogP contribution in [-0.4, -0.2) is 6.29 Å². The predicted octanol–water partition coefficient (Wildman–Crippen LogP) is 3.26. The van der Waals surface area contributed by atoms with Gasteiger partial charge in [0.05, 0.1) is 5.02 Å². The fourth-order valence-electron chi connectivity index (χ4n) is 1.00. The van der Waals surface area contributed by atoms with Crippen molar-refractivity contribution in [3.63, 3.8) is 0 Å². The molecule has 0 spiro atoms. The first-order valence-corrected chi connectivity index (χ1v) is 4.48. The molecular weight excluding hydrogens is 214 g/mol. The van der Waals surface area contributed by atoms with Crippen LogP contribution in [0.3, 0.4) is 0 Å². The Balaban J connectivity index is 3.02. The summed E-state index contributed by atoms with van der Waals surface area (Å²) >= 11 is 11.4. The SMILES string of the molecule is O=CCCc1c(Cl)ccc(F)c1Cl. The van der Waals surface area contributed by atoms with E-state index in [1.165, 1.54) is 12.1 Å². The number of carbonyl (C=O) groups excluding carboxylic acids is 1. The van der Waals surface area contributed by atoms with Gasteiger partial charge in [0.1, 0.15) is 12.1 Å². The molecule has 0 aliphatic carbocycles. The molecule has 13 heavy (non-hydrogen) atoms. The number of carbonyl (C=O) groups is 1. The molecule has 0 aliphatic heterocycles. The quantitative estimate of drug-likeness (QED) is 0.565. The Kier molecular flexibility index (Phi) is 3.70. The van der Waals surface area contributed by atoms with Crippen molar-refractivity contribution in [2.45, 2.75) is 12.8 Å². The van der Waals surface area contributed by atoms with Crippen LogP contribution in [0.5, 0.6) is 0 Å². The third kappa shape index (κ3) is 2.42. The number of benzene rings is 1. The van der Waals surface area contributed by atoms with Crippen molar-refractivity contribution < 1.29 is 9.18 Å². The minimum atomic E-state index is -0.507. The fraction of sp³-hybridized carbons (Fsp3) is 0.222. The molecule has 0 N–H and O–H groups in total. The summed E-state index contributed by atoms with van der Waals surface area (Å²) < 4.78 is 12.9. The van der Waals surface area contributed by atoms with E-state index in [1.54, 1.807) is 0 Å². The average molecular weight is 221 g/mol. The van der Waals surface area contributed by atoms with E-state index < -0.39 is 5.82 Å². The number of hydrogen-bond acceptors (Lipinski definition) is 1. The van der Waals surface area contributed by atoms with Crippen molar-refractivity contribution in [1.82, 2.24) is 0 Å². The molecule has 0 saturated heterocycles. The molecule has 0 bridgehead atoms. The maximum Gasteiger partial charge on any atom is 0.142 e. The summed E-state index contributed by atoms with van der Waals surface area (Å²) in [5.41, 5.74) is 0.496. The molecule has 1 aromatic carbocycles. The summed E-state index contributed by atoms with van der Waals surface area (Å²) in [6, 6.07) is 2.64. The van der Waals surface area contributed by atoms with Crippen LogP contribution in [-0.2, 0) is 11.2 Å². The van der Waals surface area contributed by atoms with Gasteiger partial charge < -0.3 is 4.79 Å². The molecule has 1 aromatic rings. The lowest BCUT2D eigenvalue weighted by molar-refractivity contribution is -0.107. The Hall–Kier alpha value is -0.600. The van der Waals surface area contributed by atoms with Crippen LogP contribution < -0.4 is 0 Å². The lowest BCUT2D eigenvalue weighted by Gasteiger charge is -2.04. The van der Waals surface area contributed by atoms with E-state index in [1.807, 2.05) is 0 Å². The molecule has 0 heterocycles. The molecule has 70 valence electrons. The molecule has 0 radical (unpaired) electrons. The van der Waals surface area contributed by atoms with E-state index >= 15 is 0 Å². The Morgan fingerprint density at radius 1 is 1.38 bits per heavy atom. The number of halogens is 3. The number of rotatable bonds is 3. The van der Waals surface area contributed by atoms with Gasteiger partial charge in [-0.05, 0) is 24.1 Å². The zero-order valence-electron chi connectivity index (χ0n) is 6.69. The van der Waals surface area contributed by atoms with Crippen molar-refractivity contribution in [1.29, 1.82) is 0 Å². The van der Waals surface area contributed by atoms with Gasteiger partial charge in [-0.15, -0.1) is 0 Å². The van der Waals surface area contributed by atoms with Gasteiger partial charge in [0, 0.05) is 11.4 Å². The lowest BCUT2D eigenvalue weighted by atomic mass is 10.1. The topological polar surface area (TPSA) is 17.1 Å². The van der Waals surface area contributed by atoms with E-state index in [0.29, 0.717) is 23.4 Å². The Morgan fingerprint density at radius 2 is 2.08 bits per heavy atom. The molecule has 0 amide bonds. The van der Waals surface area contributed by atoms with Crippen molar-refractivity contribution in [2.24, 2.45) is 0 Å². The number of aldehydes is 1. The van der Waals surface area contributed by atoms with Crippen LogP contribution in [0.1, 0.15) is 12.0 Å². The minimum Gasteiger partial charge on any atom is -0.303 e. The normalized spacial score (nSPS) is 10.1. The summed E-state index contributed by atoms with van der Waals surface area (Å²) in [7, 11) is 0. The van der Waals surface area contributed by atoms with Gasteiger partial charge in [0.25, 0.3) is 0 Å². The zero-order chi connectivity index (χ0) is 9.84. The van der Waals surface area contributed by atoms with Crippen LogP contribution in [0, 0.1) is 5.82 Å². The van der Waals surface area contributed by atoms with Crippen LogP contribution in [0.25, 0.3) is 0 Å². The summed E-state index contributed by atoms with van der Waals surface area (Å²) in [5.74, 6) is -0.507. The van der Waals surface area contributed by atoms with Gasteiger partial charge in [0.2, 0.25) is 0 Å². The molecule has 4 heteroatoms. The monoisotopic (exact) mass is 220 g/mol. The molecular formula is C9H7Cl2FO. The van der Waals surface area contributed by atoms with Gasteiger partial charge in [-0.1, -0.05) is 23.2 Å². The highest BCUT2D eigenvalue weighted by Crippen LogP contribution is 2.27. The van der Waals surface area contributed by atoms with E-state index in [-0.39, 0.29) is 5.02 Å². The molecule has 0 fully saturated rings. The van der Waals surface area contributed by atoms with E-state index in [2.05, 4.69) is 0 Å². The van der Waals surface area contributed by atoms with E-state index in [0.717, 1.165) is 6.29 Å². The highest BCUT2D eigenvalue weighted by molar-refractivity contribution is 6.36. The first-order chi connectivity index (χ1) is 6.16. The predicted molar refractivity (Wildman–Crippen MR) is 50.8 cm³/mol. The van der Waals surface area contributed by atoms with Crippen LogP contribution in [0.4, 0.5) is 4.39 Å². The Morgan fingerprint density at radius 3 is 2.69 bits per heavy atom. The Bertz CT molecular complexity index is 326. The van der Waals surface area contributed by atoms with Crippen LogP contribution in [0.2, 0.25) is 10.0 Å². The minimum absolute atomic E-state index is 0.00866. The third-order valence-electron chi connectivity index (χ3n) is 1.65. The van der Waals surface area contributed by atoms with Crippen molar-refractivity contribution in [3.8, 4) is 0 Å². The highest BCUT2D eigenvalue weighted by atomic mass is 35.5. The number of hydrogen-bond donors (Lipinski definition) is 0. The smallest absolute Gasteiger partial charge is 0.142 e. The molecule has 0 unspecified atom stereocenters. The second kappa shape index (κ2) is 4.58. The summed E-state index contributed by atoms with van der Waals surface area (Å²) in [5, 5.41) is 0.405. The standard InChI is InChI=1S/C9H7Cl2FO/c10-7-3-4-8(12)9(11)6(7)2-1-5-13/h3-5H,1-2H2. The average Bonchev–Trinajstić information content (AvgIpc) is 2.12. The second-order valence-electron chi connectivity index (χ2n) is 2.53. The molecule has 0 aliphatic rings. The van der Waals surface area contributed by atoms with E-state index in [4.69, 9.17) is 23.2 Å². The van der Waals surface area contributed by atoms with Crippen LogP contribution in [0.15, 0.2) is 12.1 Å². The molecule has 0 atom stereocenters. The molecule has 0 saturated carbocycles. The van der Waals surface area contributed by atoms with Crippen molar-refractivity contribution >= 4 is 29.5 Å². The maximum absolute atomic E-state index is 12.9. The van der Waals surface area contributed by atoms with E-state index in [9.17, 15) is 9.18 Å². The Labute approximate surface area is 85.5 Å². The first-order valence-electron chi connectivity index (χ1n) is 3.73. The van der Waals surface area contributed by atoms with Crippen LogP contribution >= 0.6 is 23.2 Å². The first kappa shape index (κ1) is 10.5. The zero-order valence-corrected chi connectivity index (χ0v) is 8.20. The molecule has 1 nitrogen and oxygen atoms in total. The van der Waals surface area contributed by atoms with Crippen molar-refractivity contribution in [3.05, 3.63) is 33.6 Å². The van der Waals surface area contributed by atoms with Gasteiger partial charge in [0.15, 0.2) is 0 Å². The largest absolute Gasteiger partial charge is 0.303 e. The van der Waals surface area contributed by atoms with Gasteiger partial charge >= 0.3 is 0 Å². The van der Waals surface area contributed by atoms with Gasteiger partial charge in [-0.2, -0.15) is 0 Å². The maximum atomic E-state index is 12.9. The summed E-state index contributed by atoms with van der Waals surface area (Å²) in [4.78, 5) is 10.1. The van der Waals surface area contributed by atoms with Gasteiger partial charge in [-0.25, -0.2) is 4.39 Å². The molecule has 1 rings (SSSR count). The summed E-state index contributed by atoms with van der Waals surface area (Å²) in [6.07, 6.45) is 1.42. The lowest BCUT2D eigenvalue weighted by Crippen LogP contribution is -1.92. The van der Waals surface area contributed by atoms with Gasteiger partial charge in [-0.3, -0.25) is 0 Å². The fourth-order valence-corrected chi connectivity index (χ4v) is 1.56.